The van der Waals surface area contributed by atoms with Crippen molar-refractivity contribution in [3.8, 4) is 0 Å². The second kappa shape index (κ2) is 6.74. The van der Waals surface area contributed by atoms with Crippen molar-refractivity contribution in [2.75, 3.05) is 19.6 Å². The van der Waals surface area contributed by atoms with Crippen LogP contribution in [0.4, 0.5) is 0 Å². The summed E-state index contributed by atoms with van der Waals surface area (Å²) in [6.07, 6.45) is 10.9. The lowest BCUT2D eigenvalue weighted by molar-refractivity contribution is -0.148. The van der Waals surface area contributed by atoms with Gasteiger partial charge in [0.25, 0.3) is 0 Å². The minimum atomic E-state index is -0.575. The van der Waals surface area contributed by atoms with Crippen molar-refractivity contribution in [3.63, 3.8) is 0 Å². The fourth-order valence-corrected chi connectivity index (χ4v) is 3.95. The number of carboxylic acids is 1. The van der Waals surface area contributed by atoms with Crippen LogP contribution in [0.2, 0.25) is 0 Å². The molecular weight excluding hydrogens is 238 g/mol. The van der Waals surface area contributed by atoms with Gasteiger partial charge in [0, 0.05) is 6.54 Å². The van der Waals surface area contributed by atoms with E-state index < -0.39 is 11.4 Å². The van der Waals surface area contributed by atoms with E-state index >= 15 is 0 Å². The Morgan fingerprint density at radius 3 is 2.68 bits per heavy atom. The summed E-state index contributed by atoms with van der Waals surface area (Å²) in [6.45, 7) is 4.97. The van der Waals surface area contributed by atoms with Gasteiger partial charge in [0.15, 0.2) is 0 Å². The zero-order valence-corrected chi connectivity index (χ0v) is 12.4. The number of hydrogen-bond acceptors (Lipinski definition) is 2. The van der Waals surface area contributed by atoms with Crippen molar-refractivity contribution in [2.45, 2.75) is 64.7 Å². The van der Waals surface area contributed by atoms with Crippen LogP contribution in [0.5, 0.6) is 0 Å². The predicted octanol–water partition coefficient (Wildman–Crippen LogP) is 3.53. The summed E-state index contributed by atoms with van der Waals surface area (Å²) in [4.78, 5) is 13.9. The molecule has 0 radical (unpaired) electrons. The standard InChI is InChI=1S/C16H29NO2/c1-2-9-16(15(18)19)10-12-17(13-16)11-8-14-6-4-3-5-7-14/h14H,2-13H2,1H3,(H,18,19). The highest BCUT2D eigenvalue weighted by molar-refractivity contribution is 5.75. The largest absolute Gasteiger partial charge is 0.481 e. The second-order valence-corrected chi connectivity index (χ2v) is 6.65. The average Bonchev–Trinajstić information content (AvgIpc) is 2.83. The zero-order chi connectivity index (χ0) is 13.7. The summed E-state index contributed by atoms with van der Waals surface area (Å²) in [5.41, 5.74) is -0.443. The molecule has 0 aromatic heterocycles. The molecule has 1 atom stereocenters. The molecule has 19 heavy (non-hydrogen) atoms. The molecule has 0 aromatic carbocycles. The van der Waals surface area contributed by atoms with Crippen LogP contribution in [0.1, 0.15) is 64.7 Å². The molecule has 1 aliphatic carbocycles. The molecule has 1 N–H and O–H groups in total. The molecule has 0 amide bonds. The maximum Gasteiger partial charge on any atom is 0.310 e. The van der Waals surface area contributed by atoms with Crippen molar-refractivity contribution in [3.05, 3.63) is 0 Å². The van der Waals surface area contributed by atoms with Gasteiger partial charge in [-0.25, -0.2) is 0 Å². The third-order valence-corrected chi connectivity index (χ3v) is 5.19. The molecule has 3 nitrogen and oxygen atoms in total. The van der Waals surface area contributed by atoms with Gasteiger partial charge >= 0.3 is 5.97 Å². The van der Waals surface area contributed by atoms with E-state index in [1.54, 1.807) is 0 Å². The van der Waals surface area contributed by atoms with Crippen molar-refractivity contribution < 1.29 is 9.90 Å². The summed E-state index contributed by atoms with van der Waals surface area (Å²) in [5.74, 6) is 0.328. The van der Waals surface area contributed by atoms with E-state index in [2.05, 4.69) is 11.8 Å². The van der Waals surface area contributed by atoms with Gasteiger partial charge in [-0.1, -0.05) is 45.4 Å². The van der Waals surface area contributed by atoms with Crippen LogP contribution in [-0.4, -0.2) is 35.6 Å². The van der Waals surface area contributed by atoms with E-state index in [1.165, 1.54) is 38.5 Å². The summed E-state index contributed by atoms with van der Waals surface area (Å²) in [6, 6.07) is 0. The van der Waals surface area contributed by atoms with Gasteiger partial charge in [0.1, 0.15) is 0 Å². The highest BCUT2D eigenvalue weighted by atomic mass is 16.4. The van der Waals surface area contributed by atoms with Crippen molar-refractivity contribution >= 4 is 5.97 Å². The average molecular weight is 267 g/mol. The van der Waals surface area contributed by atoms with E-state index in [1.807, 2.05) is 0 Å². The fourth-order valence-electron chi connectivity index (χ4n) is 3.95. The molecule has 2 rings (SSSR count). The highest BCUT2D eigenvalue weighted by Gasteiger charge is 2.43. The van der Waals surface area contributed by atoms with Gasteiger partial charge in [0.2, 0.25) is 0 Å². The van der Waals surface area contributed by atoms with E-state index in [0.717, 1.165) is 44.8 Å². The summed E-state index contributed by atoms with van der Waals surface area (Å²) < 4.78 is 0. The summed E-state index contributed by atoms with van der Waals surface area (Å²) in [7, 11) is 0. The van der Waals surface area contributed by atoms with Crippen LogP contribution in [0.25, 0.3) is 0 Å². The van der Waals surface area contributed by atoms with Gasteiger partial charge < -0.3 is 10.0 Å². The number of rotatable bonds is 6. The molecule has 0 bridgehead atoms. The summed E-state index contributed by atoms with van der Waals surface area (Å²) >= 11 is 0. The number of likely N-dealkylation sites (tertiary alicyclic amines) is 1. The minimum absolute atomic E-state index is 0.443. The van der Waals surface area contributed by atoms with E-state index in [0.29, 0.717) is 0 Å². The van der Waals surface area contributed by atoms with Gasteiger partial charge in [-0.15, -0.1) is 0 Å². The molecule has 110 valence electrons. The first-order valence-electron chi connectivity index (χ1n) is 8.12. The Hall–Kier alpha value is -0.570. The molecule has 1 aliphatic heterocycles. The van der Waals surface area contributed by atoms with E-state index in [-0.39, 0.29) is 0 Å². The first kappa shape index (κ1) is 14.8. The van der Waals surface area contributed by atoms with Crippen LogP contribution in [0.15, 0.2) is 0 Å². The number of hydrogen-bond donors (Lipinski definition) is 1. The van der Waals surface area contributed by atoms with Gasteiger partial charge in [-0.05, 0) is 38.3 Å². The SMILES string of the molecule is CCCC1(C(=O)O)CCN(CCC2CCCCC2)C1. The van der Waals surface area contributed by atoms with Crippen LogP contribution in [-0.2, 0) is 4.79 Å². The predicted molar refractivity (Wildman–Crippen MR) is 77.2 cm³/mol. The van der Waals surface area contributed by atoms with Crippen LogP contribution < -0.4 is 0 Å². The first-order valence-corrected chi connectivity index (χ1v) is 8.12. The lowest BCUT2D eigenvalue weighted by atomic mass is 9.82. The smallest absolute Gasteiger partial charge is 0.310 e. The lowest BCUT2D eigenvalue weighted by Crippen LogP contribution is -2.35. The lowest BCUT2D eigenvalue weighted by Gasteiger charge is -2.26. The monoisotopic (exact) mass is 267 g/mol. The van der Waals surface area contributed by atoms with Crippen LogP contribution in [0.3, 0.4) is 0 Å². The molecule has 1 saturated heterocycles. The molecule has 0 aromatic rings. The number of aliphatic carboxylic acids is 1. The Bertz CT molecular complexity index is 299. The molecule has 1 heterocycles. The van der Waals surface area contributed by atoms with Crippen molar-refractivity contribution in [1.29, 1.82) is 0 Å². The van der Waals surface area contributed by atoms with Gasteiger partial charge in [-0.3, -0.25) is 4.79 Å². The van der Waals surface area contributed by atoms with Crippen molar-refractivity contribution in [2.24, 2.45) is 11.3 Å². The number of nitrogens with zero attached hydrogens (tertiary/aromatic N) is 1. The second-order valence-electron chi connectivity index (χ2n) is 6.65. The Labute approximate surface area is 117 Å². The van der Waals surface area contributed by atoms with Gasteiger partial charge in [0.05, 0.1) is 5.41 Å². The maximum atomic E-state index is 11.5. The molecular formula is C16H29NO2. The summed E-state index contributed by atoms with van der Waals surface area (Å²) in [5, 5.41) is 9.50. The zero-order valence-electron chi connectivity index (χ0n) is 12.4. The molecule has 1 unspecified atom stereocenters. The Kier molecular flexibility index (Phi) is 5.26. The Morgan fingerprint density at radius 1 is 1.32 bits per heavy atom. The molecule has 1 saturated carbocycles. The van der Waals surface area contributed by atoms with Crippen LogP contribution >= 0.6 is 0 Å². The number of carbonyl (C=O) groups is 1. The Balaban J connectivity index is 1.78. The molecule has 3 heteroatoms. The van der Waals surface area contributed by atoms with E-state index in [9.17, 15) is 9.90 Å². The van der Waals surface area contributed by atoms with Gasteiger partial charge in [-0.2, -0.15) is 0 Å². The minimum Gasteiger partial charge on any atom is -0.481 e. The molecule has 2 aliphatic rings. The quantitative estimate of drug-likeness (QED) is 0.800. The molecule has 2 fully saturated rings. The third kappa shape index (κ3) is 3.71. The third-order valence-electron chi connectivity index (χ3n) is 5.19. The van der Waals surface area contributed by atoms with E-state index in [4.69, 9.17) is 0 Å². The highest BCUT2D eigenvalue weighted by Crippen LogP contribution is 2.36. The van der Waals surface area contributed by atoms with Crippen LogP contribution in [0, 0.1) is 11.3 Å². The Morgan fingerprint density at radius 2 is 2.05 bits per heavy atom. The maximum absolute atomic E-state index is 11.5. The fraction of sp³-hybridized carbons (Fsp3) is 0.938. The topological polar surface area (TPSA) is 40.5 Å². The number of carboxylic acid groups (broad SMARTS) is 1. The normalized spacial score (nSPS) is 29.7. The van der Waals surface area contributed by atoms with Crippen molar-refractivity contribution in [1.82, 2.24) is 4.90 Å². The molecule has 0 spiro atoms. The first-order chi connectivity index (χ1) is 9.16.